The molecule has 2 aliphatic heterocycles. The zero-order valence-electron chi connectivity index (χ0n) is 19.8. The Morgan fingerprint density at radius 3 is 2.24 bits per heavy atom. The lowest BCUT2D eigenvalue weighted by Crippen LogP contribution is -2.40. The third-order valence-corrected chi connectivity index (χ3v) is 9.20. The summed E-state index contributed by atoms with van der Waals surface area (Å²) in [5.41, 5.74) is 1.92. The average molecular weight is 549 g/mol. The van der Waals surface area contributed by atoms with Crippen molar-refractivity contribution in [2.24, 2.45) is 0 Å². The second-order valence-corrected chi connectivity index (χ2v) is 11.6. The summed E-state index contributed by atoms with van der Waals surface area (Å²) in [6.45, 7) is 1.32. The molecule has 0 unspecified atom stereocenters. The monoisotopic (exact) mass is 548 g/mol. The van der Waals surface area contributed by atoms with Gasteiger partial charge < -0.3 is 4.74 Å². The fourth-order valence-electron chi connectivity index (χ4n) is 4.41. The number of anilines is 2. The fourth-order valence-corrected chi connectivity index (χ4v) is 6.82. The number of nitrogens with zero attached hydrogens (tertiary/aromatic N) is 3. The standard InChI is InChI=1S/C26H20N4O6S2/c31-23(16-5-7-17(8-6-16)30-24(32)19-3-1-2-4-20(19)25(30)33)28-26-27-21-10-9-18(15-22(21)37-26)38(34,35)29-11-13-36-14-12-29/h1-10,15H,11-14H2,(H,27,28,31). The number of morpholine rings is 1. The molecule has 2 aliphatic rings. The number of imide groups is 1. The summed E-state index contributed by atoms with van der Waals surface area (Å²) in [4.78, 5) is 43.9. The Balaban J connectivity index is 1.18. The molecule has 3 amide bonds. The van der Waals surface area contributed by atoms with E-state index in [-0.39, 0.29) is 4.90 Å². The Morgan fingerprint density at radius 1 is 0.921 bits per heavy atom. The molecule has 192 valence electrons. The predicted molar refractivity (Wildman–Crippen MR) is 141 cm³/mol. The minimum Gasteiger partial charge on any atom is -0.379 e. The van der Waals surface area contributed by atoms with E-state index in [1.54, 1.807) is 36.4 Å². The van der Waals surface area contributed by atoms with E-state index in [1.807, 2.05) is 0 Å². The molecular weight excluding hydrogens is 528 g/mol. The molecule has 0 bridgehead atoms. The van der Waals surface area contributed by atoms with Crippen LogP contribution < -0.4 is 10.2 Å². The molecule has 1 N–H and O–H groups in total. The largest absolute Gasteiger partial charge is 0.379 e. The highest BCUT2D eigenvalue weighted by Gasteiger charge is 2.36. The molecule has 38 heavy (non-hydrogen) atoms. The molecule has 0 aliphatic carbocycles. The van der Waals surface area contributed by atoms with Crippen LogP contribution in [0.3, 0.4) is 0 Å². The first kappa shape index (κ1) is 24.4. The molecule has 1 fully saturated rings. The van der Waals surface area contributed by atoms with Crippen LogP contribution in [0.5, 0.6) is 0 Å². The highest BCUT2D eigenvalue weighted by molar-refractivity contribution is 7.89. The Bertz CT molecular complexity index is 1670. The fraction of sp³-hybridized carbons (Fsp3) is 0.154. The van der Waals surface area contributed by atoms with Gasteiger partial charge in [0.15, 0.2) is 5.13 Å². The molecule has 1 saturated heterocycles. The molecule has 0 radical (unpaired) electrons. The zero-order valence-corrected chi connectivity index (χ0v) is 21.4. The number of hydrogen-bond donors (Lipinski definition) is 1. The highest BCUT2D eigenvalue weighted by atomic mass is 32.2. The van der Waals surface area contributed by atoms with Gasteiger partial charge in [-0.25, -0.2) is 18.3 Å². The average Bonchev–Trinajstić information content (AvgIpc) is 3.46. The summed E-state index contributed by atoms with van der Waals surface area (Å²) in [6.07, 6.45) is 0. The van der Waals surface area contributed by atoms with E-state index >= 15 is 0 Å². The third-order valence-electron chi connectivity index (χ3n) is 6.37. The first-order valence-electron chi connectivity index (χ1n) is 11.7. The first-order valence-corrected chi connectivity index (χ1v) is 14.0. The Labute approximate surface area is 221 Å². The van der Waals surface area contributed by atoms with Crippen LogP contribution in [0.15, 0.2) is 71.6 Å². The normalized spacial score (nSPS) is 16.2. The number of carbonyl (C=O) groups excluding carboxylic acids is 3. The first-order chi connectivity index (χ1) is 18.3. The van der Waals surface area contributed by atoms with Crippen LogP contribution in [-0.4, -0.2) is 61.7 Å². The second-order valence-electron chi connectivity index (χ2n) is 8.66. The van der Waals surface area contributed by atoms with Gasteiger partial charge in [0, 0.05) is 18.7 Å². The summed E-state index contributed by atoms with van der Waals surface area (Å²) in [5.74, 6) is -1.25. The van der Waals surface area contributed by atoms with Crippen molar-refractivity contribution in [2.45, 2.75) is 4.90 Å². The number of ether oxygens (including phenoxy) is 1. The summed E-state index contributed by atoms with van der Waals surface area (Å²) in [7, 11) is -3.65. The van der Waals surface area contributed by atoms with Crippen LogP contribution in [-0.2, 0) is 14.8 Å². The molecule has 12 heteroatoms. The van der Waals surface area contributed by atoms with Gasteiger partial charge in [-0.2, -0.15) is 4.31 Å². The number of benzene rings is 3. The van der Waals surface area contributed by atoms with Crippen LogP contribution >= 0.6 is 11.3 Å². The number of rotatable bonds is 5. The van der Waals surface area contributed by atoms with Crippen molar-refractivity contribution >= 4 is 60.1 Å². The van der Waals surface area contributed by atoms with E-state index in [0.29, 0.717) is 64.0 Å². The van der Waals surface area contributed by atoms with Crippen LogP contribution in [0.2, 0.25) is 0 Å². The molecule has 0 saturated carbocycles. The SMILES string of the molecule is O=C(Nc1nc2ccc(S(=O)(=O)N3CCOCC3)cc2s1)c1ccc(N2C(=O)c3ccccc3C2=O)cc1. The quantitative estimate of drug-likeness (QED) is 0.379. The van der Waals surface area contributed by atoms with Crippen molar-refractivity contribution < 1.29 is 27.5 Å². The minimum absolute atomic E-state index is 0.164. The van der Waals surface area contributed by atoms with Crippen LogP contribution in [0.4, 0.5) is 10.8 Å². The Kier molecular flexibility index (Phi) is 6.03. The maximum absolute atomic E-state index is 13.0. The number of amides is 3. The van der Waals surface area contributed by atoms with Crippen LogP contribution in [0.1, 0.15) is 31.1 Å². The van der Waals surface area contributed by atoms with Crippen molar-refractivity contribution in [3.05, 3.63) is 83.4 Å². The van der Waals surface area contributed by atoms with Gasteiger partial charge in [-0.1, -0.05) is 23.5 Å². The minimum atomic E-state index is -3.65. The van der Waals surface area contributed by atoms with E-state index < -0.39 is 27.7 Å². The van der Waals surface area contributed by atoms with Gasteiger partial charge in [0.25, 0.3) is 17.7 Å². The van der Waals surface area contributed by atoms with Gasteiger partial charge in [-0.15, -0.1) is 0 Å². The number of hydrogen-bond acceptors (Lipinski definition) is 8. The molecule has 1 aromatic heterocycles. The summed E-state index contributed by atoms with van der Waals surface area (Å²) in [6, 6.07) is 17.4. The molecule has 10 nitrogen and oxygen atoms in total. The molecule has 6 rings (SSSR count). The van der Waals surface area contributed by atoms with E-state index in [2.05, 4.69) is 10.3 Å². The molecular formula is C26H20N4O6S2. The van der Waals surface area contributed by atoms with Gasteiger partial charge in [0.2, 0.25) is 10.0 Å². The maximum Gasteiger partial charge on any atom is 0.266 e. The Morgan fingerprint density at radius 2 is 1.58 bits per heavy atom. The lowest BCUT2D eigenvalue weighted by Gasteiger charge is -2.25. The van der Waals surface area contributed by atoms with Crippen molar-refractivity contribution in [1.82, 2.24) is 9.29 Å². The van der Waals surface area contributed by atoms with Gasteiger partial charge >= 0.3 is 0 Å². The van der Waals surface area contributed by atoms with E-state index in [4.69, 9.17) is 4.74 Å². The smallest absolute Gasteiger partial charge is 0.266 e. The zero-order chi connectivity index (χ0) is 26.4. The van der Waals surface area contributed by atoms with Crippen molar-refractivity contribution in [3.63, 3.8) is 0 Å². The topological polar surface area (TPSA) is 126 Å². The van der Waals surface area contributed by atoms with E-state index in [1.165, 1.54) is 46.0 Å². The number of nitrogens with one attached hydrogen (secondary N) is 1. The predicted octanol–water partition coefficient (Wildman–Crippen LogP) is 3.37. The van der Waals surface area contributed by atoms with Gasteiger partial charge in [0.1, 0.15) is 0 Å². The maximum atomic E-state index is 13.0. The number of carbonyl (C=O) groups is 3. The van der Waals surface area contributed by atoms with Crippen LogP contribution in [0, 0.1) is 0 Å². The summed E-state index contributed by atoms with van der Waals surface area (Å²) < 4.78 is 33.2. The highest BCUT2D eigenvalue weighted by Crippen LogP contribution is 2.31. The van der Waals surface area contributed by atoms with Crippen molar-refractivity contribution in [3.8, 4) is 0 Å². The second kappa shape index (κ2) is 9.40. The lowest BCUT2D eigenvalue weighted by molar-refractivity contribution is 0.0730. The van der Waals surface area contributed by atoms with Crippen molar-refractivity contribution in [1.29, 1.82) is 0 Å². The lowest BCUT2D eigenvalue weighted by atomic mass is 10.1. The van der Waals surface area contributed by atoms with Crippen molar-refractivity contribution in [2.75, 3.05) is 36.5 Å². The molecule has 3 heterocycles. The number of sulfonamides is 1. The number of aromatic nitrogens is 1. The number of thiazole rings is 1. The third kappa shape index (κ3) is 4.17. The van der Waals surface area contributed by atoms with E-state index in [0.717, 1.165) is 4.90 Å². The molecule has 4 aromatic rings. The molecule has 0 atom stereocenters. The number of fused-ring (bicyclic) bond motifs is 2. The molecule has 3 aromatic carbocycles. The van der Waals surface area contributed by atoms with Crippen LogP contribution in [0.25, 0.3) is 10.2 Å². The summed E-state index contributed by atoms with van der Waals surface area (Å²) >= 11 is 1.17. The van der Waals surface area contributed by atoms with Gasteiger partial charge in [-0.05, 0) is 54.6 Å². The van der Waals surface area contributed by atoms with Gasteiger partial charge in [-0.3, -0.25) is 19.7 Å². The summed E-state index contributed by atoms with van der Waals surface area (Å²) in [5, 5.41) is 3.05. The molecule has 0 spiro atoms. The van der Waals surface area contributed by atoms with Gasteiger partial charge in [0.05, 0.1) is 45.1 Å². The Hall–Kier alpha value is -3.97. The van der Waals surface area contributed by atoms with E-state index in [9.17, 15) is 22.8 Å².